The maximum absolute atomic E-state index is 9.76. The molecule has 0 heterocycles. The third-order valence-corrected chi connectivity index (χ3v) is 5.87. The van der Waals surface area contributed by atoms with Gasteiger partial charge in [-0.05, 0) is 25.7 Å². The van der Waals surface area contributed by atoms with Crippen LogP contribution in [0.15, 0.2) is 0 Å². The summed E-state index contributed by atoms with van der Waals surface area (Å²) in [6.45, 7) is 1.43. The molecule has 2 rings (SSSR count). The summed E-state index contributed by atoms with van der Waals surface area (Å²) in [6.07, 6.45) is 20.6. The molecule has 0 bridgehead atoms. The van der Waals surface area contributed by atoms with Crippen LogP contribution in [0.25, 0.3) is 0 Å². The van der Waals surface area contributed by atoms with E-state index in [4.69, 9.17) is 0 Å². The van der Waals surface area contributed by atoms with Gasteiger partial charge in [-0.25, -0.2) is 0 Å². The molecule has 0 aromatic carbocycles. The lowest BCUT2D eigenvalue weighted by atomic mass is 9.86. The van der Waals surface area contributed by atoms with E-state index in [1.807, 2.05) is 0 Å². The molecule has 0 aromatic heterocycles. The Morgan fingerprint density at radius 2 is 1.19 bits per heavy atom. The minimum Gasteiger partial charge on any atom is -0.396 e. The van der Waals surface area contributed by atoms with E-state index >= 15 is 0 Å². The van der Waals surface area contributed by atoms with Crippen LogP contribution in [0, 0.1) is 5.41 Å². The molecule has 2 N–H and O–H groups in total. The van der Waals surface area contributed by atoms with Crippen LogP contribution < -0.4 is 5.32 Å². The second kappa shape index (κ2) is 9.84. The molecule has 0 radical (unpaired) electrons. The van der Waals surface area contributed by atoms with E-state index in [1.54, 1.807) is 0 Å². The smallest absolute Gasteiger partial charge is 0.0499 e. The van der Waals surface area contributed by atoms with Crippen molar-refractivity contribution in [1.82, 2.24) is 5.32 Å². The van der Waals surface area contributed by atoms with Crippen LogP contribution >= 0.6 is 0 Å². The van der Waals surface area contributed by atoms with Gasteiger partial charge in [0.05, 0.1) is 0 Å². The summed E-state index contributed by atoms with van der Waals surface area (Å²) in [4.78, 5) is 0. The van der Waals surface area contributed by atoms with Gasteiger partial charge < -0.3 is 10.4 Å². The lowest BCUT2D eigenvalue weighted by molar-refractivity contribution is 0.123. The largest absolute Gasteiger partial charge is 0.396 e. The molecule has 2 heteroatoms. The van der Waals surface area contributed by atoms with E-state index in [9.17, 15) is 5.11 Å². The molecular formula is C19H37NO. The fraction of sp³-hybridized carbons (Fsp3) is 1.00. The molecule has 0 spiro atoms. The van der Waals surface area contributed by atoms with Gasteiger partial charge >= 0.3 is 0 Å². The van der Waals surface area contributed by atoms with Crippen molar-refractivity contribution in [3.63, 3.8) is 0 Å². The molecular weight excluding hydrogens is 258 g/mol. The van der Waals surface area contributed by atoms with Crippen molar-refractivity contribution < 1.29 is 5.11 Å². The van der Waals surface area contributed by atoms with Gasteiger partial charge in [0.1, 0.15) is 0 Å². The van der Waals surface area contributed by atoms with Crippen LogP contribution in [-0.4, -0.2) is 24.3 Å². The standard InChI is InChI=1S/C19H37NO/c21-17-19(14-10-11-15-19)16-20-18-12-8-6-4-2-1-3-5-7-9-13-18/h18,20-21H,1-17H2. The summed E-state index contributed by atoms with van der Waals surface area (Å²) in [6, 6.07) is 0.702. The maximum atomic E-state index is 9.76. The summed E-state index contributed by atoms with van der Waals surface area (Å²) in [5.41, 5.74) is 0.212. The summed E-state index contributed by atoms with van der Waals surface area (Å²) in [5.74, 6) is 0. The van der Waals surface area contributed by atoms with Crippen molar-refractivity contribution in [3.8, 4) is 0 Å². The first kappa shape index (κ1) is 17.3. The van der Waals surface area contributed by atoms with E-state index in [1.165, 1.54) is 96.3 Å². The molecule has 21 heavy (non-hydrogen) atoms. The SMILES string of the molecule is OCC1(CNC2CCCCCCCCCCC2)CCCC1. The fourth-order valence-electron chi connectivity index (χ4n) is 4.24. The number of aliphatic hydroxyl groups is 1. The first-order chi connectivity index (χ1) is 10.3. The van der Waals surface area contributed by atoms with Crippen molar-refractivity contribution in [2.75, 3.05) is 13.2 Å². The van der Waals surface area contributed by atoms with E-state index < -0.39 is 0 Å². The Hall–Kier alpha value is -0.0800. The Morgan fingerprint density at radius 3 is 1.67 bits per heavy atom. The number of nitrogens with one attached hydrogen (secondary N) is 1. The van der Waals surface area contributed by atoms with Gasteiger partial charge in [-0.2, -0.15) is 0 Å². The van der Waals surface area contributed by atoms with Crippen molar-refractivity contribution in [2.24, 2.45) is 5.41 Å². The first-order valence-corrected chi connectivity index (χ1v) is 9.69. The summed E-state index contributed by atoms with van der Waals surface area (Å²) in [5, 5.41) is 13.6. The van der Waals surface area contributed by atoms with E-state index in [0.29, 0.717) is 12.6 Å². The molecule has 2 aliphatic carbocycles. The van der Waals surface area contributed by atoms with Gasteiger partial charge in [0.2, 0.25) is 0 Å². The van der Waals surface area contributed by atoms with Gasteiger partial charge in [-0.1, -0.05) is 70.6 Å². The van der Waals surface area contributed by atoms with Crippen LogP contribution in [0.4, 0.5) is 0 Å². The second-order valence-corrected chi connectivity index (χ2v) is 7.70. The van der Waals surface area contributed by atoms with E-state index in [2.05, 4.69) is 5.32 Å². The Bertz CT molecular complexity index is 248. The molecule has 2 saturated carbocycles. The third-order valence-electron chi connectivity index (χ3n) is 5.87. The zero-order valence-corrected chi connectivity index (χ0v) is 14.0. The highest BCUT2D eigenvalue weighted by atomic mass is 16.3. The maximum Gasteiger partial charge on any atom is 0.0499 e. The fourth-order valence-corrected chi connectivity index (χ4v) is 4.24. The number of hydrogen-bond acceptors (Lipinski definition) is 2. The number of aliphatic hydroxyl groups excluding tert-OH is 1. The van der Waals surface area contributed by atoms with Crippen LogP contribution in [-0.2, 0) is 0 Å². The molecule has 0 saturated heterocycles. The lowest BCUT2D eigenvalue weighted by Crippen LogP contribution is -2.40. The van der Waals surface area contributed by atoms with Gasteiger partial charge in [0.25, 0.3) is 0 Å². The molecule has 2 fully saturated rings. The molecule has 0 unspecified atom stereocenters. The van der Waals surface area contributed by atoms with Crippen LogP contribution in [0.5, 0.6) is 0 Å². The summed E-state index contributed by atoms with van der Waals surface area (Å²) in [7, 11) is 0. The quantitative estimate of drug-likeness (QED) is 0.780. The molecule has 2 nitrogen and oxygen atoms in total. The average Bonchev–Trinajstić information content (AvgIpc) is 2.96. The van der Waals surface area contributed by atoms with Gasteiger partial charge in [-0.15, -0.1) is 0 Å². The summed E-state index contributed by atoms with van der Waals surface area (Å²) < 4.78 is 0. The highest BCUT2D eigenvalue weighted by molar-refractivity contribution is 4.87. The second-order valence-electron chi connectivity index (χ2n) is 7.70. The van der Waals surface area contributed by atoms with Crippen molar-refractivity contribution in [1.29, 1.82) is 0 Å². The summed E-state index contributed by atoms with van der Waals surface area (Å²) >= 11 is 0. The average molecular weight is 296 g/mol. The van der Waals surface area contributed by atoms with Crippen LogP contribution in [0.1, 0.15) is 96.3 Å². The molecule has 0 atom stereocenters. The molecule has 0 aliphatic heterocycles. The van der Waals surface area contributed by atoms with Gasteiger partial charge in [0.15, 0.2) is 0 Å². The lowest BCUT2D eigenvalue weighted by Gasteiger charge is -2.30. The first-order valence-electron chi connectivity index (χ1n) is 9.69. The van der Waals surface area contributed by atoms with Crippen molar-refractivity contribution >= 4 is 0 Å². The minimum absolute atomic E-state index is 0.212. The Morgan fingerprint density at radius 1 is 0.714 bits per heavy atom. The van der Waals surface area contributed by atoms with Crippen LogP contribution in [0.2, 0.25) is 0 Å². The molecule has 124 valence electrons. The molecule has 0 aromatic rings. The van der Waals surface area contributed by atoms with Gasteiger partial charge in [0, 0.05) is 24.6 Å². The van der Waals surface area contributed by atoms with Crippen molar-refractivity contribution in [3.05, 3.63) is 0 Å². The highest BCUT2D eigenvalue weighted by Gasteiger charge is 2.33. The van der Waals surface area contributed by atoms with Gasteiger partial charge in [-0.3, -0.25) is 0 Å². The van der Waals surface area contributed by atoms with Crippen LogP contribution in [0.3, 0.4) is 0 Å². The van der Waals surface area contributed by atoms with Crippen molar-refractivity contribution in [2.45, 2.75) is 102 Å². The topological polar surface area (TPSA) is 32.3 Å². The zero-order valence-electron chi connectivity index (χ0n) is 14.0. The Kier molecular flexibility index (Phi) is 8.10. The molecule has 2 aliphatic rings. The Balaban J connectivity index is 1.74. The van der Waals surface area contributed by atoms with E-state index in [-0.39, 0.29) is 5.41 Å². The van der Waals surface area contributed by atoms with E-state index in [0.717, 1.165) is 6.54 Å². The minimum atomic E-state index is 0.212. The number of hydrogen-bond donors (Lipinski definition) is 2. The predicted molar refractivity (Wildman–Crippen MR) is 90.6 cm³/mol. The highest BCUT2D eigenvalue weighted by Crippen LogP contribution is 2.37. The Labute approximate surface area is 132 Å². The predicted octanol–water partition coefficient (Wildman–Crippen LogP) is 4.80. The monoisotopic (exact) mass is 295 g/mol. The zero-order chi connectivity index (χ0) is 14.8. The third kappa shape index (κ3) is 6.28. The normalized spacial score (nSPS) is 26.1. The molecule has 0 amide bonds. The number of rotatable bonds is 4.